The van der Waals surface area contributed by atoms with Crippen LogP contribution in [0.15, 0.2) is 41.2 Å². The molecule has 0 spiro atoms. The molecule has 1 aromatic heterocycles. The highest BCUT2D eigenvalue weighted by Gasteiger charge is 2.14. The molecule has 0 aliphatic carbocycles. The number of aromatic amines is 1. The van der Waals surface area contributed by atoms with Crippen LogP contribution in [0.25, 0.3) is 0 Å². The molecule has 29 heavy (non-hydrogen) atoms. The van der Waals surface area contributed by atoms with Crippen LogP contribution in [-0.2, 0) is 6.42 Å². The molecule has 9 heteroatoms. The Morgan fingerprint density at radius 2 is 1.55 bits per heavy atom. The Morgan fingerprint density at radius 1 is 0.897 bits per heavy atom. The van der Waals surface area contributed by atoms with Gasteiger partial charge in [0.15, 0.2) is 11.5 Å². The van der Waals surface area contributed by atoms with Crippen molar-refractivity contribution in [3.63, 3.8) is 0 Å². The first-order valence-electron chi connectivity index (χ1n) is 8.73. The minimum absolute atomic E-state index is 0.197. The lowest BCUT2D eigenvalue weighted by Crippen LogP contribution is -2.18. The average Bonchev–Trinajstić information content (AvgIpc) is 2.75. The highest BCUT2D eigenvalue weighted by atomic mass is 16.5. The van der Waals surface area contributed by atoms with Gasteiger partial charge < -0.3 is 24.3 Å². The zero-order valence-electron chi connectivity index (χ0n) is 16.6. The molecule has 3 aromatic rings. The van der Waals surface area contributed by atoms with E-state index in [4.69, 9.17) is 18.9 Å². The van der Waals surface area contributed by atoms with E-state index in [1.54, 1.807) is 19.2 Å². The summed E-state index contributed by atoms with van der Waals surface area (Å²) in [5.74, 6) is 2.36. The Balaban J connectivity index is 1.80. The number of hydrogen-bond acceptors (Lipinski definition) is 8. The number of benzene rings is 2. The van der Waals surface area contributed by atoms with Crippen LogP contribution in [0.4, 0.5) is 11.6 Å². The largest absolute Gasteiger partial charge is 0.497 e. The molecule has 0 radical (unpaired) electrons. The number of anilines is 2. The van der Waals surface area contributed by atoms with Gasteiger partial charge in [0.05, 0.1) is 28.4 Å². The van der Waals surface area contributed by atoms with E-state index in [0.29, 0.717) is 35.1 Å². The summed E-state index contributed by atoms with van der Waals surface area (Å²) in [6.07, 6.45) is 0.358. The van der Waals surface area contributed by atoms with Crippen LogP contribution in [0.2, 0.25) is 0 Å². The van der Waals surface area contributed by atoms with Crippen molar-refractivity contribution in [1.29, 1.82) is 0 Å². The number of rotatable bonds is 8. The second-order valence-corrected chi connectivity index (χ2v) is 6.01. The number of nitrogens with one attached hydrogen (secondary N) is 2. The summed E-state index contributed by atoms with van der Waals surface area (Å²) in [5, 5.41) is 11.1. The zero-order chi connectivity index (χ0) is 20.8. The van der Waals surface area contributed by atoms with Gasteiger partial charge in [0.2, 0.25) is 11.7 Å². The first-order valence-corrected chi connectivity index (χ1v) is 8.73. The molecular formula is C20H22N4O5. The fraction of sp³-hybridized carbons (Fsp3) is 0.250. The van der Waals surface area contributed by atoms with Gasteiger partial charge in [0.1, 0.15) is 11.4 Å². The number of hydrogen-bond donors (Lipinski definition) is 2. The van der Waals surface area contributed by atoms with Crippen LogP contribution in [-0.4, -0.2) is 43.6 Å². The highest BCUT2D eigenvalue weighted by Crippen LogP contribution is 2.40. The van der Waals surface area contributed by atoms with E-state index in [1.165, 1.54) is 21.3 Å². The third-order valence-electron chi connectivity index (χ3n) is 4.22. The van der Waals surface area contributed by atoms with Crippen molar-refractivity contribution in [3.05, 3.63) is 58.0 Å². The lowest BCUT2D eigenvalue weighted by Gasteiger charge is -2.14. The summed E-state index contributed by atoms with van der Waals surface area (Å²) in [6.45, 7) is 0. The van der Waals surface area contributed by atoms with Crippen molar-refractivity contribution in [2.45, 2.75) is 6.42 Å². The molecule has 2 aromatic carbocycles. The predicted octanol–water partition coefficient (Wildman–Crippen LogP) is 2.53. The minimum Gasteiger partial charge on any atom is -0.497 e. The lowest BCUT2D eigenvalue weighted by molar-refractivity contribution is 0.324. The van der Waals surface area contributed by atoms with E-state index in [0.717, 1.165) is 11.3 Å². The fourth-order valence-electron chi connectivity index (χ4n) is 2.76. The normalized spacial score (nSPS) is 10.3. The van der Waals surface area contributed by atoms with E-state index in [9.17, 15) is 4.79 Å². The molecule has 1 heterocycles. The highest BCUT2D eigenvalue weighted by molar-refractivity contribution is 5.65. The molecule has 3 rings (SSSR count). The number of H-pyrrole nitrogens is 1. The van der Waals surface area contributed by atoms with Crippen LogP contribution in [0, 0.1) is 0 Å². The van der Waals surface area contributed by atoms with E-state index >= 15 is 0 Å². The molecular weight excluding hydrogens is 376 g/mol. The van der Waals surface area contributed by atoms with E-state index in [2.05, 4.69) is 20.5 Å². The minimum atomic E-state index is -0.328. The Labute approximate surface area is 167 Å². The maximum absolute atomic E-state index is 12.4. The van der Waals surface area contributed by atoms with Crippen LogP contribution < -0.4 is 29.8 Å². The molecule has 0 bridgehead atoms. The molecule has 0 aliphatic rings. The standard InChI is InChI=1S/C20H22N4O5/c1-26-14-7-5-12(6-8-14)9-15-19(25)22-20(24-23-15)21-13-10-16(27-2)18(29-4)17(11-13)28-3/h5-8,10-11H,9H2,1-4H3,(H2,21,22,24,25). The van der Waals surface area contributed by atoms with Crippen molar-refractivity contribution in [1.82, 2.24) is 15.2 Å². The maximum Gasteiger partial charge on any atom is 0.274 e. The summed E-state index contributed by atoms with van der Waals surface area (Å²) in [7, 11) is 6.18. The number of aromatic nitrogens is 3. The van der Waals surface area contributed by atoms with E-state index < -0.39 is 0 Å². The molecule has 152 valence electrons. The average molecular weight is 398 g/mol. The number of methoxy groups -OCH3 is 4. The molecule has 0 saturated heterocycles. The van der Waals surface area contributed by atoms with Gasteiger partial charge in [-0.25, -0.2) is 0 Å². The molecule has 0 fully saturated rings. The van der Waals surface area contributed by atoms with Crippen molar-refractivity contribution in [2.24, 2.45) is 0 Å². The van der Waals surface area contributed by atoms with Crippen LogP contribution >= 0.6 is 0 Å². The molecule has 9 nitrogen and oxygen atoms in total. The van der Waals surface area contributed by atoms with Gasteiger partial charge in [-0.05, 0) is 17.7 Å². The quantitative estimate of drug-likeness (QED) is 0.596. The second-order valence-electron chi connectivity index (χ2n) is 6.01. The first kappa shape index (κ1) is 20.0. The van der Waals surface area contributed by atoms with Crippen molar-refractivity contribution < 1.29 is 18.9 Å². The molecule has 2 N–H and O–H groups in total. The van der Waals surface area contributed by atoms with Crippen LogP contribution in [0.3, 0.4) is 0 Å². The van der Waals surface area contributed by atoms with Crippen LogP contribution in [0.1, 0.15) is 11.3 Å². The summed E-state index contributed by atoms with van der Waals surface area (Å²) < 4.78 is 21.1. The Morgan fingerprint density at radius 3 is 2.07 bits per heavy atom. The Hall–Kier alpha value is -3.75. The third-order valence-corrected chi connectivity index (χ3v) is 4.22. The summed E-state index contributed by atoms with van der Waals surface area (Å²) >= 11 is 0. The van der Waals surface area contributed by atoms with Crippen molar-refractivity contribution >= 4 is 11.6 Å². The molecule has 0 atom stereocenters. The summed E-state index contributed by atoms with van der Waals surface area (Å²) in [6, 6.07) is 10.8. The maximum atomic E-state index is 12.4. The van der Waals surface area contributed by atoms with Gasteiger partial charge >= 0.3 is 0 Å². The van der Waals surface area contributed by atoms with Crippen LogP contribution in [0.5, 0.6) is 23.0 Å². The van der Waals surface area contributed by atoms with Crippen molar-refractivity contribution in [3.8, 4) is 23.0 Å². The Bertz CT molecular complexity index is 1010. The molecule has 0 aliphatic heterocycles. The predicted molar refractivity (Wildman–Crippen MR) is 108 cm³/mol. The SMILES string of the molecule is COc1ccc(Cc2nnc(Nc3cc(OC)c(OC)c(OC)c3)[nH]c2=O)cc1. The lowest BCUT2D eigenvalue weighted by atomic mass is 10.1. The number of ether oxygens (including phenoxy) is 4. The summed E-state index contributed by atoms with van der Waals surface area (Å²) in [5.41, 5.74) is 1.50. The van der Waals surface area contributed by atoms with Gasteiger partial charge in [-0.2, -0.15) is 0 Å². The zero-order valence-corrected chi connectivity index (χ0v) is 16.6. The van der Waals surface area contributed by atoms with Gasteiger partial charge in [-0.3, -0.25) is 9.78 Å². The topological polar surface area (TPSA) is 108 Å². The monoisotopic (exact) mass is 398 g/mol. The van der Waals surface area contributed by atoms with E-state index in [1.807, 2.05) is 24.3 Å². The Kier molecular flexibility index (Phi) is 6.18. The summed E-state index contributed by atoms with van der Waals surface area (Å²) in [4.78, 5) is 15.1. The van der Waals surface area contributed by atoms with E-state index in [-0.39, 0.29) is 11.5 Å². The molecule has 0 saturated carbocycles. The van der Waals surface area contributed by atoms with Gasteiger partial charge in [-0.15, -0.1) is 10.2 Å². The van der Waals surface area contributed by atoms with Gasteiger partial charge in [-0.1, -0.05) is 12.1 Å². The second kappa shape index (κ2) is 8.96. The number of nitrogens with zero attached hydrogens (tertiary/aromatic N) is 2. The van der Waals surface area contributed by atoms with Crippen molar-refractivity contribution in [2.75, 3.05) is 33.8 Å². The smallest absolute Gasteiger partial charge is 0.274 e. The molecule has 0 amide bonds. The fourth-order valence-corrected chi connectivity index (χ4v) is 2.76. The van der Waals surface area contributed by atoms with Gasteiger partial charge in [0, 0.05) is 24.2 Å². The third kappa shape index (κ3) is 4.57. The first-order chi connectivity index (χ1) is 14.1. The van der Waals surface area contributed by atoms with Gasteiger partial charge in [0.25, 0.3) is 5.56 Å². The molecule has 0 unspecified atom stereocenters.